The molecule has 2 aromatic rings. The molecular weight excluding hydrogens is 246 g/mol. The number of benzene rings is 1. The van der Waals surface area contributed by atoms with E-state index < -0.39 is 0 Å². The number of fused-ring (bicyclic) bond motifs is 1. The topological polar surface area (TPSA) is 28.7 Å². The number of nitrogens with one attached hydrogen (secondary N) is 1. The Bertz CT molecular complexity index is 440. The summed E-state index contributed by atoms with van der Waals surface area (Å²) in [5.41, 5.74) is 0.520. The molecule has 0 atom stereocenters. The lowest BCUT2D eigenvalue weighted by Crippen LogP contribution is -1.75. The second kappa shape index (κ2) is 2.71. The van der Waals surface area contributed by atoms with Crippen LogP contribution in [0.25, 0.3) is 10.9 Å². The molecule has 0 amide bonds. The molecule has 2 nitrogen and oxygen atoms in total. The third-order valence-electron chi connectivity index (χ3n) is 1.53. The molecule has 0 aliphatic rings. The van der Waals surface area contributed by atoms with Crippen molar-refractivity contribution in [1.82, 2.24) is 10.2 Å². The first kappa shape index (κ1) is 8.01. The van der Waals surface area contributed by atoms with E-state index in [0.29, 0.717) is 20.5 Å². The minimum Gasteiger partial charge on any atom is -0.270 e. The lowest BCUT2D eigenvalue weighted by Gasteiger charge is -1.93. The van der Waals surface area contributed by atoms with Gasteiger partial charge >= 0.3 is 0 Å². The Morgan fingerprint density at radius 2 is 2.25 bits per heavy atom. The van der Waals surface area contributed by atoms with Gasteiger partial charge in [0.15, 0.2) is 0 Å². The first-order valence-electron chi connectivity index (χ1n) is 3.17. The highest BCUT2D eigenvalue weighted by Gasteiger charge is 2.08. The summed E-state index contributed by atoms with van der Waals surface area (Å²) < 4.78 is 13.4. The molecule has 0 radical (unpaired) electrons. The second-order valence-corrected chi connectivity index (χ2v) is 3.52. The fourth-order valence-corrected chi connectivity index (χ4v) is 1.95. The molecule has 62 valence electrons. The van der Waals surface area contributed by atoms with Gasteiger partial charge in [0.05, 0.1) is 15.9 Å². The lowest BCUT2D eigenvalue weighted by molar-refractivity contribution is 0.629. The molecule has 0 fully saturated rings. The van der Waals surface area contributed by atoms with Gasteiger partial charge in [0.1, 0.15) is 10.4 Å². The van der Waals surface area contributed by atoms with Crippen LogP contribution in [0.15, 0.2) is 16.7 Å². The standard InChI is InChI=1S/C7H3BrClFN2/c8-7-6-4(9)1-3(10)2-5(6)11-12-7/h1-2H,(H,11,12). The van der Waals surface area contributed by atoms with Crippen LogP contribution in [0.3, 0.4) is 0 Å². The Hall–Kier alpha value is -0.610. The molecule has 0 saturated carbocycles. The van der Waals surface area contributed by atoms with Crippen molar-refractivity contribution in [3.05, 3.63) is 27.6 Å². The Kier molecular flexibility index (Phi) is 1.81. The van der Waals surface area contributed by atoms with Gasteiger partial charge in [0.2, 0.25) is 0 Å². The summed E-state index contributed by atoms with van der Waals surface area (Å²) in [6.07, 6.45) is 0. The zero-order valence-electron chi connectivity index (χ0n) is 5.74. The van der Waals surface area contributed by atoms with Crippen LogP contribution in [-0.4, -0.2) is 10.2 Å². The van der Waals surface area contributed by atoms with Gasteiger partial charge in [-0.2, -0.15) is 5.10 Å². The van der Waals surface area contributed by atoms with Gasteiger partial charge in [0.25, 0.3) is 0 Å². The van der Waals surface area contributed by atoms with Crippen LogP contribution in [-0.2, 0) is 0 Å². The molecule has 0 unspecified atom stereocenters. The predicted octanol–water partition coefficient (Wildman–Crippen LogP) is 3.12. The number of rotatable bonds is 0. The number of H-pyrrole nitrogens is 1. The van der Waals surface area contributed by atoms with Crippen molar-refractivity contribution in [1.29, 1.82) is 0 Å². The van der Waals surface area contributed by atoms with Crippen LogP contribution < -0.4 is 0 Å². The molecule has 0 aliphatic carbocycles. The number of hydrogen-bond acceptors (Lipinski definition) is 1. The highest BCUT2D eigenvalue weighted by atomic mass is 79.9. The summed E-state index contributed by atoms with van der Waals surface area (Å²) >= 11 is 9.00. The van der Waals surface area contributed by atoms with Crippen molar-refractivity contribution in [3.63, 3.8) is 0 Å². The highest BCUT2D eigenvalue weighted by molar-refractivity contribution is 9.10. The van der Waals surface area contributed by atoms with Crippen LogP contribution in [0, 0.1) is 5.82 Å². The molecule has 1 N–H and O–H groups in total. The largest absolute Gasteiger partial charge is 0.270 e. The van der Waals surface area contributed by atoms with Crippen LogP contribution in [0.2, 0.25) is 5.02 Å². The summed E-state index contributed by atoms with van der Waals surface area (Å²) in [6, 6.07) is 2.58. The second-order valence-electron chi connectivity index (χ2n) is 2.32. The van der Waals surface area contributed by atoms with E-state index in [1.807, 2.05) is 0 Å². The Balaban J connectivity index is 2.93. The number of aromatic nitrogens is 2. The van der Waals surface area contributed by atoms with E-state index in [4.69, 9.17) is 11.6 Å². The smallest absolute Gasteiger partial charge is 0.126 e. The molecule has 0 aliphatic heterocycles. The lowest BCUT2D eigenvalue weighted by atomic mass is 10.2. The first-order valence-corrected chi connectivity index (χ1v) is 4.34. The minimum absolute atomic E-state index is 0.352. The van der Waals surface area contributed by atoms with Crippen LogP contribution >= 0.6 is 27.5 Å². The average Bonchev–Trinajstić information content (AvgIpc) is 2.31. The molecular formula is C7H3BrClFN2. The van der Waals surface area contributed by atoms with E-state index in [1.54, 1.807) is 0 Å². The highest BCUT2D eigenvalue weighted by Crippen LogP contribution is 2.29. The van der Waals surface area contributed by atoms with E-state index in [-0.39, 0.29) is 5.82 Å². The summed E-state index contributed by atoms with van der Waals surface area (Å²) in [5.74, 6) is -0.383. The van der Waals surface area contributed by atoms with E-state index >= 15 is 0 Å². The molecule has 1 aromatic heterocycles. The van der Waals surface area contributed by atoms with Gasteiger partial charge in [-0.1, -0.05) is 11.6 Å². The molecule has 0 saturated heterocycles. The number of hydrogen-bond donors (Lipinski definition) is 1. The Morgan fingerprint density at radius 1 is 1.50 bits per heavy atom. The SMILES string of the molecule is Fc1cc(Cl)c2c(Br)[nH]nc2c1. The van der Waals surface area contributed by atoms with E-state index in [2.05, 4.69) is 26.1 Å². The van der Waals surface area contributed by atoms with Gasteiger partial charge in [-0.15, -0.1) is 0 Å². The molecule has 0 spiro atoms. The van der Waals surface area contributed by atoms with Crippen LogP contribution in [0.4, 0.5) is 4.39 Å². The van der Waals surface area contributed by atoms with Crippen molar-refractivity contribution in [2.24, 2.45) is 0 Å². The van der Waals surface area contributed by atoms with Crippen molar-refractivity contribution in [2.45, 2.75) is 0 Å². The fraction of sp³-hybridized carbons (Fsp3) is 0. The van der Waals surface area contributed by atoms with Gasteiger partial charge in [-0.3, -0.25) is 5.10 Å². The van der Waals surface area contributed by atoms with Gasteiger partial charge in [-0.25, -0.2) is 4.39 Å². The Morgan fingerprint density at radius 3 is 3.00 bits per heavy atom. The monoisotopic (exact) mass is 248 g/mol. The number of halogens is 3. The minimum atomic E-state index is -0.383. The maximum Gasteiger partial charge on any atom is 0.126 e. The van der Waals surface area contributed by atoms with E-state index in [1.165, 1.54) is 12.1 Å². The average molecular weight is 249 g/mol. The maximum absolute atomic E-state index is 12.8. The third kappa shape index (κ3) is 1.11. The quantitative estimate of drug-likeness (QED) is 0.763. The summed E-state index contributed by atoms with van der Waals surface area (Å²) in [4.78, 5) is 0. The van der Waals surface area contributed by atoms with Crippen molar-refractivity contribution >= 4 is 38.4 Å². The van der Waals surface area contributed by atoms with Crippen molar-refractivity contribution in [3.8, 4) is 0 Å². The summed E-state index contributed by atoms with van der Waals surface area (Å²) in [6.45, 7) is 0. The molecule has 12 heavy (non-hydrogen) atoms. The van der Waals surface area contributed by atoms with E-state index in [9.17, 15) is 4.39 Å². The van der Waals surface area contributed by atoms with Crippen LogP contribution in [0.5, 0.6) is 0 Å². The summed E-state index contributed by atoms with van der Waals surface area (Å²) in [7, 11) is 0. The van der Waals surface area contributed by atoms with Gasteiger partial charge in [-0.05, 0) is 22.0 Å². The Labute approximate surface area is 80.8 Å². The molecule has 1 aromatic carbocycles. The normalized spacial score (nSPS) is 10.9. The van der Waals surface area contributed by atoms with Gasteiger partial charge in [0, 0.05) is 6.07 Å². The van der Waals surface area contributed by atoms with E-state index in [0.717, 1.165) is 0 Å². The first-order chi connectivity index (χ1) is 5.68. The predicted molar refractivity (Wildman–Crippen MR) is 48.8 cm³/mol. The molecule has 1 heterocycles. The van der Waals surface area contributed by atoms with Crippen LogP contribution in [0.1, 0.15) is 0 Å². The van der Waals surface area contributed by atoms with Crippen molar-refractivity contribution < 1.29 is 4.39 Å². The summed E-state index contributed by atoms with van der Waals surface area (Å²) in [5, 5.41) is 7.56. The number of nitrogens with zero attached hydrogens (tertiary/aromatic N) is 1. The maximum atomic E-state index is 12.8. The van der Waals surface area contributed by atoms with Gasteiger partial charge < -0.3 is 0 Å². The van der Waals surface area contributed by atoms with Crippen molar-refractivity contribution in [2.75, 3.05) is 0 Å². The third-order valence-corrected chi connectivity index (χ3v) is 2.40. The molecule has 5 heteroatoms. The zero-order valence-corrected chi connectivity index (χ0v) is 8.08. The zero-order chi connectivity index (χ0) is 8.72. The molecule has 0 bridgehead atoms. The molecule has 2 rings (SSSR count). The number of aromatic amines is 1. The fourth-order valence-electron chi connectivity index (χ4n) is 1.03.